The van der Waals surface area contributed by atoms with Gasteiger partial charge in [0.05, 0.1) is 11.7 Å². The zero-order valence-corrected chi connectivity index (χ0v) is 21.3. The van der Waals surface area contributed by atoms with Crippen molar-refractivity contribution >= 4 is 17.7 Å². The van der Waals surface area contributed by atoms with Crippen LogP contribution in [0, 0.1) is 0 Å². The molecule has 3 aromatic rings. The fourth-order valence-corrected chi connectivity index (χ4v) is 4.24. The summed E-state index contributed by atoms with van der Waals surface area (Å²) in [4.78, 5) is 37.8. The van der Waals surface area contributed by atoms with Crippen molar-refractivity contribution in [2.45, 2.75) is 44.6 Å². The van der Waals surface area contributed by atoms with Crippen molar-refractivity contribution in [1.29, 1.82) is 0 Å². The lowest BCUT2D eigenvalue weighted by molar-refractivity contribution is -0.271. The van der Waals surface area contributed by atoms with Crippen LogP contribution in [-0.4, -0.2) is 74.0 Å². The van der Waals surface area contributed by atoms with Gasteiger partial charge in [-0.3, -0.25) is 9.59 Å². The molecule has 1 heterocycles. The molecule has 12 nitrogen and oxygen atoms in total. The number of carbonyl (C=O) groups excluding carboxylic acids is 3. The van der Waals surface area contributed by atoms with Crippen molar-refractivity contribution < 1.29 is 58.9 Å². The number of aliphatic hydroxyl groups is 1. The number of hydrogen-bond donors (Lipinski definition) is 5. The van der Waals surface area contributed by atoms with Crippen LogP contribution in [0.25, 0.3) is 0 Å². The fourth-order valence-electron chi connectivity index (χ4n) is 4.24. The zero-order chi connectivity index (χ0) is 29.1. The fraction of sp³-hybridized carbons (Fsp3) is 0.250. The molecule has 5 N–H and O–H groups in total. The summed E-state index contributed by atoms with van der Waals surface area (Å²) < 4.78 is 22.3. The van der Waals surface area contributed by atoms with Gasteiger partial charge in [0.1, 0.15) is 40.4 Å². The van der Waals surface area contributed by atoms with Gasteiger partial charge in [0.25, 0.3) is 0 Å². The molecule has 0 amide bonds. The minimum Gasteiger partial charge on any atom is -0.508 e. The third-order valence-corrected chi connectivity index (χ3v) is 6.01. The van der Waals surface area contributed by atoms with Crippen LogP contribution in [0.3, 0.4) is 0 Å². The summed E-state index contributed by atoms with van der Waals surface area (Å²) >= 11 is 0. The Morgan fingerprint density at radius 1 is 0.800 bits per heavy atom. The molecule has 0 unspecified atom stereocenters. The second kappa shape index (κ2) is 11.5. The van der Waals surface area contributed by atoms with Gasteiger partial charge in [0.2, 0.25) is 12.1 Å². The van der Waals surface area contributed by atoms with Crippen molar-refractivity contribution in [3.8, 4) is 28.7 Å². The number of benzene rings is 3. The molecule has 0 bridgehead atoms. The number of phenols is 4. The maximum Gasteiger partial charge on any atom is 0.338 e. The molecule has 0 radical (unpaired) electrons. The first-order valence-corrected chi connectivity index (χ1v) is 12.0. The molecule has 210 valence electrons. The van der Waals surface area contributed by atoms with Crippen molar-refractivity contribution in [1.82, 2.24) is 0 Å². The van der Waals surface area contributed by atoms with Crippen molar-refractivity contribution in [3.63, 3.8) is 0 Å². The molecule has 0 spiro atoms. The predicted molar refractivity (Wildman–Crippen MR) is 135 cm³/mol. The summed E-state index contributed by atoms with van der Waals surface area (Å²) in [6, 6.07) is 12.7. The predicted octanol–water partition coefficient (Wildman–Crippen LogP) is 2.38. The highest BCUT2D eigenvalue weighted by Gasteiger charge is 2.49. The average Bonchev–Trinajstić information content (AvgIpc) is 2.88. The summed E-state index contributed by atoms with van der Waals surface area (Å²) in [6.07, 6.45) is -7.16. The zero-order valence-electron chi connectivity index (χ0n) is 21.3. The van der Waals surface area contributed by atoms with E-state index >= 15 is 0 Å². The molecular weight excluding hydrogens is 528 g/mol. The number of ketones is 1. The van der Waals surface area contributed by atoms with E-state index in [0.29, 0.717) is 0 Å². The number of phenolic OH excluding ortho intramolecular Hbond substituents is 4. The summed E-state index contributed by atoms with van der Waals surface area (Å²) in [5.41, 5.74) is -0.599. The minimum absolute atomic E-state index is 0.130. The van der Waals surface area contributed by atoms with Crippen LogP contribution in [0.15, 0.2) is 60.7 Å². The van der Waals surface area contributed by atoms with Crippen molar-refractivity contribution in [3.05, 3.63) is 77.4 Å². The molecule has 1 aliphatic heterocycles. The highest BCUT2D eigenvalue weighted by Crippen LogP contribution is 2.38. The highest BCUT2D eigenvalue weighted by molar-refractivity contribution is 6.13. The Balaban J connectivity index is 1.73. The van der Waals surface area contributed by atoms with Gasteiger partial charge in [0.15, 0.2) is 12.2 Å². The standard InChI is InChI=1S/C28H26O12/c1-13-25(38-14(2)29)24(35)26(40-27(36)15-6-4-3-5-7-15)28(37-13)39-21-12-19(32)11-20(33)22(21)23(34)16-8-17(30)10-18(31)9-16/h3-13,24-26,28,30-33,35H,1-2H3/t13-,24+,25-,26+,28-/m0/s1. The molecule has 5 atom stereocenters. The summed E-state index contributed by atoms with van der Waals surface area (Å²) in [6.45, 7) is 2.59. The Hall–Kier alpha value is -4.81. The van der Waals surface area contributed by atoms with Gasteiger partial charge in [0, 0.05) is 30.7 Å². The van der Waals surface area contributed by atoms with Gasteiger partial charge in [-0.2, -0.15) is 0 Å². The number of hydrogen-bond acceptors (Lipinski definition) is 12. The van der Waals surface area contributed by atoms with Gasteiger partial charge < -0.3 is 44.5 Å². The first-order valence-electron chi connectivity index (χ1n) is 12.0. The average molecular weight is 555 g/mol. The van der Waals surface area contributed by atoms with Crippen LogP contribution in [-0.2, 0) is 19.0 Å². The van der Waals surface area contributed by atoms with Crippen LogP contribution in [0.4, 0.5) is 0 Å². The second-order valence-electron chi connectivity index (χ2n) is 9.03. The summed E-state index contributed by atoms with van der Waals surface area (Å²) in [5, 5.41) is 51.4. The minimum atomic E-state index is -1.65. The lowest BCUT2D eigenvalue weighted by atomic mass is 9.98. The van der Waals surface area contributed by atoms with E-state index in [1.807, 2.05) is 0 Å². The lowest BCUT2D eigenvalue weighted by Gasteiger charge is -2.42. The van der Waals surface area contributed by atoms with Gasteiger partial charge in [-0.05, 0) is 31.2 Å². The van der Waals surface area contributed by atoms with Gasteiger partial charge in [-0.25, -0.2) is 4.79 Å². The molecule has 40 heavy (non-hydrogen) atoms. The largest absolute Gasteiger partial charge is 0.508 e. The van der Waals surface area contributed by atoms with E-state index in [1.54, 1.807) is 18.2 Å². The number of esters is 2. The Morgan fingerprint density at radius 3 is 2.05 bits per heavy atom. The molecule has 1 aliphatic rings. The normalized spacial score (nSPS) is 22.2. The smallest absolute Gasteiger partial charge is 0.338 e. The maximum atomic E-state index is 13.3. The first kappa shape index (κ1) is 28.2. The van der Waals surface area contributed by atoms with Gasteiger partial charge >= 0.3 is 11.9 Å². The first-order chi connectivity index (χ1) is 18.9. The molecule has 1 saturated heterocycles. The Labute approximate surface area is 227 Å². The molecule has 0 saturated carbocycles. The Kier molecular flexibility index (Phi) is 8.12. The topological polar surface area (TPSA) is 189 Å². The van der Waals surface area contributed by atoms with Crippen molar-refractivity contribution in [2.24, 2.45) is 0 Å². The van der Waals surface area contributed by atoms with E-state index in [1.165, 1.54) is 19.1 Å². The SMILES string of the molecule is CC(=O)O[C@@H]1[C@@H](O)[C@@H](OC(=O)c2ccccc2)[C@H](Oc2cc(O)cc(O)c2C(=O)c2cc(O)cc(O)c2)O[C@H]1C. The molecular formula is C28H26O12. The Morgan fingerprint density at radius 2 is 1.43 bits per heavy atom. The van der Waals surface area contributed by atoms with E-state index in [9.17, 15) is 39.9 Å². The molecule has 4 rings (SSSR count). The van der Waals surface area contributed by atoms with E-state index in [0.717, 1.165) is 37.3 Å². The highest BCUT2D eigenvalue weighted by atomic mass is 16.7. The van der Waals surface area contributed by atoms with Crippen LogP contribution in [0.5, 0.6) is 28.7 Å². The number of carbonyl (C=O) groups is 3. The summed E-state index contributed by atoms with van der Waals surface area (Å²) in [5.74, 6) is -5.05. The van der Waals surface area contributed by atoms with E-state index < -0.39 is 82.7 Å². The van der Waals surface area contributed by atoms with E-state index in [-0.39, 0.29) is 11.1 Å². The van der Waals surface area contributed by atoms with Gasteiger partial charge in [-0.1, -0.05) is 18.2 Å². The van der Waals surface area contributed by atoms with E-state index in [2.05, 4.69) is 0 Å². The number of aliphatic hydroxyl groups excluding tert-OH is 1. The van der Waals surface area contributed by atoms with Crippen LogP contribution in [0.2, 0.25) is 0 Å². The number of ether oxygens (including phenoxy) is 4. The third-order valence-electron chi connectivity index (χ3n) is 6.01. The molecule has 3 aromatic carbocycles. The van der Waals surface area contributed by atoms with E-state index in [4.69, 9.17) is 18.9 Å². The van der Waals surface area contributed by atoms with Crippen LogP contribution in [0.1, 0.15) is 40.1 Å². The van der Waals surface area contributed by atoms with Crippen LogP contribution < -0.4 is 4.74 Å². The van der Waals surface area contributed by atoms with Gasteiger partial charge in [-0.15, -0.1) is 0 Å². The third kappa shape index (κ3) is 6.08. The molecule has 1 fully saturated rings. The van der Waals surface area contributed by atoms with Crippen LogP contribution >= 0.6 is 0 Å². The lowest BCUT2D eigenvalue weighted by Crippen LogP contribution is -2.60. The molecule has 12 heteroatoms. The summed E-state index contributed by atoms with van der Waals surface area (Å²) in [7, 11) is 0. The van der Waals surface area contributed by atoms with Crippen molar-refractivity contribution in [2.75, 3.05) is 0 Å². The maximum absolute atomic E-state index is 13.3. The number of aromatic hydroxyl groups is 4. The quantitative estimate of drug-likeness (QED) is 0.212. The molecule has 0 aliphatic carbocycles. The number of rotatable bonds is 7. The Bertz CT molecular complexity index is 1400. The molecule has 0 aromatic heterocycles. The monoisotopic (exact) mass is 554 g/mol. The second-order valence-corrected chi connectivity index (χ2v) is 9.03.